The Balaban J connectivity index is 0.00000267. The maximum Gasteiger partial charge on any atom is 1.00 e. The van der Waals surface area contributed by atoms with E-state index in [0.29, 0.717) is 23.1 Å². The Kier molecular flexibility index (Phi) is 8.95. The first kappa shape index (κ1) is 29.7. The number of hydrogen-bond acceptors (Lipinski definition) is 3. The molecule has 3 aromatic rings. The van der Waals surface area contributed by atoms with E-state index in [1.165, 1.54) is 24.3 Å². The van der Waals surface area contributed by atoms with Crippen molar-refractivity contribution in [2.24, 2.45) is 0 Å². The minimum absolute atomic E-state index is 0. The number of hydrogen-bond donors (Lipinski definition) is 1. The van der Waals surface area contributed by atoms with Gasteiger partial charge in [-0.05, 0) is 77.9 Å². The molecule has 0 amide bonds. The van der Waals surface area contributed by atoms with Crippen molar-refractivity contribution >= 4 is 17.1 Å². The van der Waals surface area contributed by atoms with Gasteiger partial charge in [0.25, 0.3) is 0 Å². The van der Waals surface area contributed by atoms with Gasteiger partial charge in [0.1, 0.15) is 18.2 Å². The van der Waals surface area contributed by atoms with E-state index in [-0.39, 0.29) is 67.3 Å². The van der Waals surface area contributed by atoms with Crippen LogP contribution < -0.4 is 34.3 Å². The summed E-state index contributed by atoms with van der Waals surface area (Å²) in [5.74, 6) is -2.21. The third-order valence-corrected chi connectivity index (χ3v) is 5.89. The first-order valence-electron chi connectivity index (χ1n) is 11.0. The summed E-state index contributed by atoms with van der Waals surface area (Å²) in [4.78, 5) is 14.8. The number of benzene rings is 2. The third kappa shape index (κ3) is 6.57. The number of carbonyl (C=O) groups is 1. The molecule has 1 aliphatic carbocycles. The average Bonchev–Trinajstić information content (AvgIpc) is 3.32. The Bertz CT molecular complexity index is 1370. The van der Waals surface area contributed by atoms with Crippen molar-refractivity contribution < 1.29 is 76.4 Å². The van der Waals surface area contributed by atoms with E-state index in [9.17, 15) is 40.6 Å². The Hall–Kier alpha value is -2.89. The summed E-state index contributed by atoms with van der Waals surface area (Å²) in [5.41, 5.74) is -2.08. The normalized spacial score (nSPS) is 13.9. The minimum Gasteiger partial charge on any atom is -1.00 e. The number of allylic oxidation sites excluding steroid dienone is 2. The van der Waals surface area contributed by atoms with E-state index in [1.807, 2.05) is 0 Å². The topological polar surface area (TPSA) is 59.4 Å². The fourth-order valence-electron chi connectivity index (χ4n) is 4.19. The Labute approximate surface area is 235 Å². The van der Waals surface area contributed by atoms with Crippen LogP contribution in [0.25, 0.3) is 11.1 Å². The minimum atomic E-state index is -5.00. The smallest absolute Gasteiger partial charge is 1.00 e. The van der Waals surface area contributed by atoms with Gasteiger partial charge in [-0.25, -0.2) is 9.18 Å². The molecule has 0 bridgehead atoms. The molecule has 1 aromatic heterocycles. The van der Waals surface area contributed by atoms with Crippen molar-refractivity contribution in [2.75, 3.05) is 0 Å². The largest absolute Gasteiger partial charge is 1.00 e. The molecule has 1 N–H and O–H groups in total. The van der Waals surface area contributed by atoms with E-state index in [4.69, 9.17) is 4.74 Å². The van der Waals surface area contributed by atoms with Gasteiger partial charge in [-0.2, -0.15) is 26.3 Å². The Morgan fingerprint density at radius 3 is 2.21 bits per heavy atom. The zero-order chi connectivity index (χ0) is 27.0. The van der Waals surface area contributed by atoms with Crippen LogP contribution in [0, 0.1) is 5.82 Å². The summed E-state index contributed by atoms with van der Waals surface area (Å²) < 4.78 is 99.2. The molecular weight excluding hydrogens is 530 g/mol. The molecule has 0 fully saturated rings. The van der Waals surface area contributed by atoms with Crippen molar-refractivity contribution in [3.05, 3.63) is 94.1 Å². The maximum absolute atomic E-state index is 13.5. The van der Waals surface area contributed by atoms with Gasteiger partial charge in [0.15, 0.2) is 5.69 Å². The molecule has 0 saturated carbocycles. The Morgan fingerprint density at radius 2 is 1.61 bits per heavy atom. The first-order chi connectivity index (χ1) is 17.3. The molecule has 0 unspecified atom stereocenters. The number of aromatic carboxylic acids is 1. The number of nitrogens with zero attached hydrogens (tertiary/aromatic N) is 1. The second-order valence-corrected chi connectivity index (χ2v) is 8.36. The molecule has 12 heteroatoms. The van der Waals surface area contributed by atoms with E-state index in [0.717, 1.165) is 30.5 Å². The number of alkyl halides is 6. The standard InChI is InChI=1S/C26H18F7NO3.Na.H/c27-17-7-4-14(5-8-17)13-37-22-9-6-16(25(28,29)30)11-20(22)19-3-1-2-18(19)15-10-21(24(35)36)23(34-12-15)26(31,32)33;;/h4-12H,1-3,13H2,(H,35,36);;/q;+1;-1. The van der Waals surface area contributed by atoms with Crippen LogP contribution in [0.1, 0.15) is 59.0 Å². The summed E-state index contributed by atoms with van der Waals surface area (Å²) >= 11 is 0. The maximum atomic E-state index is 13.5. The van der Waals surface area contributed by atoms with Gasteiger partial charge in [-0.3, -0.25) is 4.98 Å². The summed E-state index contributed by atoms with van der Waals surface area (Å²) in [6.45, 7) is -0.0771. The SMILES string of the molecule is O=C(O)c1cc(C2=C(c3cc(C(F)(F)F)ccc3OCc3ccc(F)cc3)CCC2)cnc1C(F)(F)F.[H-].[Na+]. The number of halogens is 7. The second-order valence-electron chi connectivity index (χ2n) is 8.36. The molecule has 2 aromatic carbocycles. The monoisotopic (exact) mass is 549 g/mol. The van der Waals surface area contributed by atoms with Crippen molar-refractivity contribution in [3.63, 3.8) is 0 Å². The summed E-state index contributed by atoms with van der Waals surface area (Å²) in [6, 6.07) is 9.07. The number of carboxylic acids is 1. The van der Waals surface area contributed by atoms with Gasteiger partial charge in [0.05, 0.1) is 11.1 Å². The fourth-order valence-corrected chi connectivity index (χ4v) is 4.19. The van der Waals surface area contributed by atoms with Crippen molar-refractivity contribution in [1.82, 2.24) is 4.98 Å². The summed E-state index contributed by atoms with van der Waals surface area (Å²) in [7, 11) is 0. The molecule has 1 heterocycles. The van der Waals surface area contributed by atoms with Gasteiger partial charge in [-0.1, -0.05) is 12.1 Å². The Morgan fingerprint density at radius 1 is 0.947 bits per heavy atom. The number of pyridine rings is 1. The van der Waals surface area contributed by atoms with Crippen LogP contribution in [0.4, 0.5) is 30.7 Å². The molecule has 1 aliphatic rings. The van der Waals surface area contributed by atoms with Gasteiger partial charge in [0.2, 0.25) is 0 Å². The van der Waals surface area contributed by atoms with Crippen LogP contribution in [0.5, 0.6) is 5.75 Å². The number of carboxylic acid groups (broad SMARTS) is 1. The summed E-state index contributed by atoms with van der Waals surface area (Å²) in [5, 5.41) is 9.32. The van der Waals surface area contributed by atoms with Crippen molar-refractivity contribution in [1.29, 1.82) is 0 Å². The molecular formula is C26H19F7NNaO3. The molecule has 0 atom stereocenters. The van der Waals surface area contributed by atoms with Crippen molar-refractivity contribution in [2.45, 2.75) is 38.2 Å². The van der Waals surface area contributed by atoms with Crippen LogP contribution in [0.3, 0.4) is 0 Å². The van der Waals surface area contributed by atoms with Crippen LogP contribution in [-0.4, -0.2) is 16.1 Å². The molecule has 4 nitrogen and oxygen atoms in total. The van der Waals surface area contributed by atoms with Crippen LogP contribution in [0.2, 0.25) is 0 Å². The number of aromatic nitrogens is 1. The molecule has 0 aliphatic heterocycles. The van der Waals surface area contributed by atoms with Crippen LogP contribution >= 0.6 is 0 Å². The van der Waals surface area contributed by atoms with Gasteiger partial charge >= 0.3 is 47.9 Å². The molecule has 0 spiro atoms. The van der Waals surface area contributed by atoms with E-state index in [2.05, 4.69) is 4.98 Å². The average molecular weight is 549 g/mol. The molecule has 196 valence electrons. The molecule has 0 saturated heterocycles. The molecule has 4 rings (SSSR count). The quantitative estimate of drug-likeness (QED) is 0.357. The van der Waals surface area contributed by atoms with Crippen molar-refractivity contribution in [3.8, 4) is 5.75 Å². The molecule has 0 radical (unpaired) electrons. The zero-order valence-corrected chi connectivity index (χ0v) is 21.9. The van der Waals surface area contributed by atoms with Gasteiger partial charge in [0, 0.05) is 11.8 Å². The van der Waals surface area contributed by atoms with E-state index in [1.54, 1.807) is 0 Å². The van der Waals surface area contributed by atoms with Crippen LogP contribution in [0.15, 0.2) is 54.7 Å². The summed E-state index contributed by atoms with van der Waals surface area (Å²) in [6.07, 6.45) is -7.75. The second kappa shape index (κ2) is 11.5. The van der Waals surface area contributed by atoms with Gasteiger partial charge < -0.3 is 11.3 Å². The predicted molar refractivity (Wildman–Crippen MR) is 120 cm³/mol. The predicted octanol–water partition coefficient (Wildman–Crippen LogP) is 4.75. The van der Waals surface area contributed by atoms with E-state index >= 15 is 0 Å². The first-order valence-corrected chi connectivity index (χ1v) is 11.0. The van der Waals surface area contributed by atoms with Gasteiger partial charge in [-0.15, -0.1) is 0 Å². The van der Waals surface area contributed by atoms with E-state index < -0.39 is 41.0 Å². The number of ether oxygens (including phenoxy) is 1. The fraction of sp³-hybridized carbons (Fsp3) is 0.231. The van der Waals surface area contributed by atoms with Crippen LogP contribution in [-0.2, 0) is 19.0 Å². The third-order valence-electron chi connectivity index (χ3n) is 5.89. The number of rotatable bonds is 6. The zero-order valence-electron chi connectivity index (χ0n) is 20.9. The molecule has 38 heavy (non-hydrogen) atoms.